The average Bonchev–Trinajstić information content (AvgIpc) is 2.71. The molecule has 1 saturated heterocycles. The van der Waals surface area contributed by atoms with Gasteiger partial charge in [-0.1, -0.05) is 0 Å². The molecule has 0 aromatic heterocycles. The van der Waals surface area contributed by atoms with Gasteiger partial charge in [0.05, 0.1) is 11.0 Å². The molecule has 0 spiro atoms. The Hall–Kier alpha value is -1.58. The van der Waals surface area contributed by atoms with Gasteiger partial charge >= 0.3 is 5.97 Å². The summed E-state index contributed by atoms with van der Waals surface area (Å²) in [5.41, 5.74) is 0. The molecule has 0 amide bonds. The van der Waals surface area contributed by atoms with Crippen LogP contribution in [0.25, 0.3) is 0 Å². The number of aliphatic carboxylic acids is 1. The van der Waals surface area contributed by atoms with Crippen LogP contribution in [0.1, 0.15) is 6.42 Å². The molecule has 1 aromatic rings. The highest BCUT2D eigenvalue weighted by molar-refractivity contribution is 7.89. The zero-order chi connectivity index (χ0) is 15.1. The Morgan fingerprint density at radius 1 is 1.25 bits per heavy atom. The minimum absolute atomic E-state index is 0.271. The number of sulfonamides is 1. The Bertz CT molecular complexity index is 628. The van der Waals surface area contributed by atoms with E-state index in [0.29, 0.717) is 22.5 Å². The van der Waals surface area contributed by atoms with Crippen molar-refractivity contribution in [2.75, 3.05) is 6.54 Å². The second-order valence-corrected chi connectivity index (χ2v) is 6.31. The van der Waals surface area contributed by atoms with E-state index < -0.39 is 51.2 Å². The number of carbonyl (C=O) groups is 1. The number of benzene rings is 1. The summed E-state index contributed by atoms with van der Waals surface area (Å²) in [5.74, 6) is -3.60. The van der Waals surface area contributed by atoms with Crippen molar-refractivity contribution in [2.45, 2.75) is 23.5 Å². The number of aliphatic hydroxyl groups is 1. The van der Waals surface area contributed by atoms with Crippen molar-refractivity contribution in [3.63, 3.8) is 0 Å². The molecule has 1 heterocycles. The molecule has 9 heteroatoms. The van der Waals surface area contributed by atoms with Crippen molar-refractivity contribution in [1.29, 1.82) is 0 Å². The molecule has 6 nitrogen and oxygen atoms in total. The maximum Gasteiger partial charge on any atom is 0.322 e. The van der Waals surface area contributed by atoms with Crippen LogP contribution in [0.4, 0.5) is 8.78 Å². The van der Waals surface area contributed by atoms with E-state index in [1.807, 2.05) is 0 Å². The Balaban J connectivity index is 2.46. The number of rotatable bonds is 3. The topological polar surface area (TPSA) is 94.9 Å². The first-order valence-corrected chi connectivity index (χ1v) is 7.04. The van der Waals surface area contributed by atoms with Gasteiger partial charge in [0, 0.05) is 19.0 Å². The van der Waals surface area contributed by atoms with Gasteiger partial charge in [-0.3, -0.25) is 4.79 Å². The van der Waals surface area contributed by atoms with E-state index in [9.17, 15) is 27.1 Å². The second-order valence-electron chi connectivity index (χ2n) is 4.42. The van der Waals surface area contributed by atoms with Crippen LogP contribution in [-0.4, -0.2) is 47.6 Å². The van der Waals surface area contributed by atoms with Gasteiger partial charge in [-0.05, 0) is 12.1 Å². The fourth-order valence-electron chi connectivity index (χ4n) is 2.09. The Morgan fingerprint density at radius 3 is 2.30 bits per heavy atom. The first-order valence-electron chi connectivity index (χ1n) is 5.60. The van der Waals surface area contributed by atoms with Crippen LogP contribution in [-0.2, 0) is 14.8 Å². The van der Waals surface area contributed by atoms with Crippen molar-refractivity contribution in [2.24, 2.45) is 0 Å². The SMILES string of the molecule is O=C(O)[C@@H]1C[C@H](O)CN1S(=O)(=O)c1cc(F)cc(F)c1. The normalized spacial score (nSPS) is 23.9. The number of carboxylic acid groups (broad SMARTS) is 1. The summed E-state index contributed by atoms with van der Waals surface area (Å²) in [6, 6.07) is 0.248. The van der Waals surface area contributed by atoms with Crippen LogP contribution in [0.5, 0.6) is 0 Å². The molecule has 0 bridgehead atoms. The molecule has 2 atom stereocenters. The fraction of sp³-hybridized carbons (Fsp3) is 0.364. The Kier molecular flexibility index (Phi) is 3.76. The van der Waals surface area contributed by atoms with E-state index in [0.717, 1.165) is 0 Å². The molecule has 1 aliphatic heterocycles. The average molecular weight is 307 g/mol. The summed E-state index contributed by atoms with van der Waals surface area (Å²) in [5, 5.41) is 18.4. The number of hydrogen-bond acceptors (Lipinski definition) is 4. The van der Waals surface area contributed by atoms with Gasteiger partial charge in [0.15, 0.2) is 0 Å². The summed E-state index contributed by atoms with van der Waals surface area (Å²) in [7, 11) is -4.40. The van der Waals surface area contributed by atoms with Crippen LogP contribution < -0.4 is 0 Å². The third-order valence-electron chi connectivity index (χ3n) is 2.96. The van der Waals surface area contributed by atoms with Crippen LogP contribution in [0, 0.1) is 11.6 Å². The third kappa shape index (κ3) is 2.65. The first-order chi connectivity index (χ1) is 9.21. The van der Waals surface area contributed by atoms with Crippen molar-refractivity contribution in [3.05, 3.63) is 29.8 Å². The smallest absolute Gasteiger partial charge is 0.322 e. The minimum atomic E-state index is -4.40. The monoisotopic (exact) mass is 307 g/mol. The molecular weight excluding hydrogens is 296 g/mol. The lowest BCUT2D eigenvalue weighted by Crippen LogP contribution is -2.40. The van der Waals surface area contributed by atoms with Crippen LogP contribution in [0.15, 0.2) is 23.1 Å². The Labute approximate surface area is 113 Å². The summed E-state index contributed by atoms with van der Waals surface area (Å²) >= 11 is 0. The molecule has 110 valence electrons. The van der Waals surface area contributed by atoms with Crippen LogP contribution >= 0.6 is 0 Å². The quantitative estimate of drug-likeness (QED) is 0.830. The molecule has 2 N–H and O–H groups in total. The first kappa shape index (κ1) is 14.8. The van der Waals surface area contributed by atoms with E-state index in [1.165, 1.54) is 0 Å². The molecule has 1 fully saturated rings. The van der Waals surface area contributed by atoms with Crippen molar-refractivity contribution < 1.29 is 32.2 Å². The number of nitrogens with zero attached hydrogens (tertiary/aromatic N) is 1. The molecule has 0 aliphatic carbocycles. The number of carboxylic acids is 1. The fourth-order valence-corrected chi connectivity index (χ4v) is 3.76. The van der Waals surface area contributed by atoms with Crippen molar-refractivity contribution in [1.82, 2.24) is 4.31 Å². The predicted molar refractivity (Wildman–Crippen MR) is 62.3 cm³/mol. The zero-order valence-corrected chi connectivity index (χ0v) is 10.8. The van der Waals surface area contributed by atoms with Crippen LogP contribution in [0.2, 0.25) is 0 Å². The lowest BCUT2D eigenvalue weighted by molar-refractivity contribution is -0.140. The standard InChI is InChI=1S/C11H11F2NO5S/c12-6-1-7(13)3-9(2-6)20(18,19)14-5-8(15)4-10(14)11(16)17/h1-3,8,10,15H,4-5H2,(H,16,17)/t8-,10-/m0/s1. The molecule has 20 heavy (non-hydrogen) atoms. The van der Waals surface area contributed by atoms with Crippen molar-refractivity contribution in [3.8, 4) is 0 Å². The highest BCUT2D eigenvalue weighted by Gasteiger charge is 2.43. The lowest BCUT2D eigenvalue weighted by Gasteiger charge is -2.20. The molecule has 0 unspecified atom stereocenters. The lowest BCUT2D eigenvalue weighted by atomic mass is 10.2. The van der Waals surface area contributed by atoms with Crippen LogP contribution in [0.3, 0.4) is 0 Å². The summed E-state index contributed by atoms with van der Waals surface area (Å²) in [4.78, 5) is 10.3. The van der Waals surface area contributed by atoms with E-state index in [2.05, 4.69) is 0 Å². The maximum atomic E-state index is 13.1. The largest absolute Gasteiger partial charge is 0.480 e. The number of β-amino-alcohol motifs (C(OH)–C–C–N with tert-alkyl or cyclic N) is 1. The van der Waals surface area contributed by atoms with Gasteiger partial charge in [0.2, 0.25) is 10.0 Å². The van der Waals surface area contributed by atoms with Crippen molar-refractivity contribution >= 4 is 16.0 Å². The number of hydrogen-bond donors (Lipinski definition) is 2. The Morgan fingerprint density at radius 2 is 1.80 bits per heavy atom. The molecule has 1 aromatic carbocycles. The summed E-state index contributed by atoms with van der Waals surface area (Å²) in [6.45, 7) is -0.433. The molecule has 1 aliphatic rings. The van der Waals surface area contributed by atoms with E-state index >= 15 is 0 Å². The summed E-state index contributed by atoms with van der Waals surface area (Å²) in [6.07, 6.45) is -1.41. The van der Waals surface area contributed by atoms with Gasteiger partial charge < -0.3 is 10.2 Å². The van der Waals surface area contributed by atoms with Gasteiger partial charge in [-0.2, -0.15) is 4.31 Å². The minimum Gasteiger partial charge on any atom is -0.480 e. The van der Waals surface area contributed by atoms with E-state index in [1.54, 1.807) is 0 Å². The molecular formula is C11H11F2NO5S. The van der Waals surface area contributed by atoms with E-state index in [4.69, 9.17) is 5.11 Å². The number of aliphatic hydroxyl groups excluding tert-OH is 1. The van der Waals surface area contributed by atoms with Gasteiger partial charge in [0.25, 0.3) is 0 Å². The second kappa shape index (κ2) is 5.08. The van der Waals surface area contributed by atoms with Gasteiger partial charge in [-0.25, -0.2) is 17.2 Å². The van der Waals surface area contributed by atoms with E-state index in [-0.39, 0.29) is 6.42 Å². The predicted octanol–water partition coefficient (Wildman–Crippen LogP) is 0.173. The highest BCUT2D eigenvalue weighted by Crippen LogP contribution is 2.27. The zero-order valence-electron chi connectivity index (χ0n) is 10.0. The molecule has 0 saturated carbocycles. The number of halogens is 2. The van der Waals surface area contributed by atoms with Gasteiger partial charge in [-0.15, -0.1) is 0 Å². The molecule has 0 radical (unpaired) electrons. The molecule has 2 rings (SSSR count). The maximum absolute atomic E-state index is 13.1. The third-order valence-corrected chi connectivity index (χ3v) is 4.81. The highest BCUT2D eigenvalue weighted by atomic mass is 32.2. The van der Waals surface area contributed by atoms with Gasteiger partial charge in [0.1, 0.15) is 17.7 Å². The summed E-state index contributed by atoms with van der Waals surface area (Å²) < 4.78 is 51.1.